The van der Waals surface area contributed by atoms with Gasteiger partial charge in [0.05, 0.1) is 23.5 Å². The lowest BCUT2D eigenvalue weighted by molar-refractivity contribution is 0.0690. The number of ether oxygens (including phenoxy) is 1. The molecule has 0 bridgehead atoms. The lowest BCUT2D eigenvalue weighted by Crippen LogP contribution is -2.32. The molecule has 0 atom stereocenters. The van der Waals surface area contributed by atoms with E-state index in [0.717, 1.165) is 25.7 Å². The minimum atomic E-state index is -1.02. The normalized spacial score (nSPS) is 11.9. The van der Waals surface area contributed by atoms with Crippen molar-refractivity contribution in [2.75, 3.05) is 17.7 Å². The standard InChI is InChI=1S/C31H30N6O4S2/c1-31(2,3)26(32)16-27(34-18-5-9-20(41-4)10-6-18)36-29(40)35-19-7-11-21(12-8-19)42-22-13-14-23-25(15-22)43-30-33-17-24(28(38)39)37(23)30/h5-17,32,34H,1-4H3,(H,38,39)(H2,35,36,40)/b27-16+,32-26?. The maximum absolute atomic E-state index is 12.9. The number of thiazole rings is 1. The molecule has 10 nitrogen and oxygen atoms in total. The van der Waals surface area contributed by atoms with Crippen LogP contribution in [0.3, 0.4) is 0 Å². The summed E-state index contributed by atoms with van der Waals surface area (Å²) in [4.78, 5) is 31.3. The summed E-state index contributed by atoms with van der Waals surface area (Å²) in [6, 6.07) is 20.1. The number of anilines is 2. The van der Waals surface area contributed by atoms with E-state index in [0.29, 0.717) is 27.9 Å². The molecule has 2 aromatic heterocycles. The van der Waals surface area contributed by atoms with Gasteiger partial charge in [0, 0.05) is 38.4 Å². The van der Waals surface area contributed by atoms with Crippen LogP contribution < -0.4 is 20.7 Å². The van der Waals surface area contributed by atoms with Gasteiger partial charge in [-0.1, -0.05) is 43.9 Å². The smallest absolute Gasteiger partial charge is 0.354 e. The Bertz CT molecular complexity index is 1850. The van der Waals surface area contributed by atoms with Crippen LogP contribution in [-0.4, -0.2) is 39.3 Å². The number of benzene rings is 3. The van der Waals surface area contributed by atoms with Crippen LogP contribution in [-0.2, 0) is 0 Å². The summed E-state index contributed by atoms with van der Waals surface area (Å²) in [6.07, 6.45) is 2.98. The van der Waals surface area contributed by atoms with Crippen LogP contribution >= 0.6 is 23.1 Å². The fraction of sp³-hybridized carbons (Fsp3) is 0.161. The summed E-state index contributed by atoms with van der Waals surface area (Å²) in [5.74, 6) is 0.0581. The second kappa shape index (κ2) is 12.2. The number of aromatic nitrogens is 2. The molecule has 0 aliphatic rings. The van der Waals surface area contributed by atoms with E-state index in [1.165, 1.54) is 17.5 Å². The first kappa shape index (κ1) is 29.7. The molecule has 43 heavy (non-hydrogen) atoms. The highest BCUT2D eigenvalue weighted by Gasteiger charge is 2.18. The van der Waals surface area contributed by atoms with Gasteiger partial charge < -0.3 is 25.9 Å². The van der Waals surface area contributed by atoms with Crippen molar-refractivity contribution in [3.05, 3.63) is 90.5 Å². The molecule has 0 radical (unpaired) electrons. The first-order chi connectivity index (χ1) is 20.5. The molecule has 2 amide bonds. The number of methoxy groups -OCH3 is 1. The number of carbonyl (C=O) groups is 2. The molecule has 5 aromatic rings. The summed E-state index contributed by atoms with van der Waals surface area (Å²) in [5.41, 5.74) is 2.22. The van der Waals surface area contributed by atoms with Gasteiger partial charge in [-0.25, -0.2) is 14.6 Å². The predicted molar refractivity (Wildman–Crippen MR) is 172 cm³/mol. The van der Waals surface area contributed by atoms with Gasteiger partial charge in [-0.3, -0.25) is 9.72 Å². The number of carbonyl (C=O) groups excluding carboxylic acids is 1. The Hall–Kier alpha value is -4.81. The van der Waals surface area contributed by atoms with E-state index < -0.39 is 17.4 Å². The van der Waals surface area contributed by atoms with Crippen molar-refractivity contribution >= 4 is 67.4 Å². The molecule has 12 heteroatoms. The Kier molecular flexibility index (Phi) is 8.42. The number of nitrogens with zero attached hydrogens (tertiary/aromatic N) is 2. The predicted octanol–water partition coefficient (Wildman–Crippen LogP) is 7.55. The van der Waals surface area contributed by atoms with Crippen LogP contribution in [0, 0.1) is 10.8 Å². The molecule has 3 aromatic carbocycles. The highest BCUT2D eigenvalue weighted by atomic mass is 32.2. The minimum Gasteiger partial charge on any atom is -0.497 e. The molecule has 5 rings (SSSR count). The first-order valence-electron chi connectivity index (χ1n) is 13.2. The summed E-state index contributed by atoms with van der Waals surface area (Å²) in [5, 5.41) is 26.7. The van der Waals surface area contributed by atoms with E-state index in [2.05, 4.69) is 20.9 Å². The fourth-order valence-electron chi connectivity index (χ4n) is 4.03. The molecule has 0 saturated heterocycles. The van der Waals surface area contributed by atoms with E-state index in [1.54, 1.807) is 41.5 Å². The van der Waals surface area contributed by atoms with E-state index in [1.807, 2.05) is 75.4 Å². The van der Waals surface area contributed by atoms with E-state index >= 15 is 0 Å². The topological polar surface area (TPSA) is 141 Å². The highest BCUT2D eigenvalue weighted by molar-refractivity contribution is 7.99. The van der Waals surface area contributed by atoms with Gasteiger partial charge in [0.25, 0.3) is 0 Å². The largest absolute Gasteiger partial charge is 0.497 e. The number of imidazole rings is 1. The molecule has 0 aliphatic carbocycles. The number of hydrogen-bond acceptors (Lipinski definition) is 8. The summed E-state index contributed by atoms with van der Waals surface area (Å²) < 4.78 is 7.81. The van der Waals surface area contributed by atoms with Crippen LogP contribution in [0.2, 0.25) is 0 Å². The number of carboxylic acid groups (broad SMARTS) is 1. The Morgan fingerprint density at radius 3 is 2.30 bits per heavy atom. The molecule has 0 spiro atoms. The van der Waals surface area contributed by atoms with Gasteiger partial charge in [0.15, 0.2) is 10.7 Å². The Morgan fingerprint density at radius 2 is 1.65 bits per heavy atom. The number of urea groups is 1. The van der Waals surface area contributed by atoms with Crippen LogP contribution in [0.5, 0.6) is 5.75 Å². The Morgan fingerprint density at radius 1 is 1.00 bits per heavy atom. The number of rotatable bonds is 9. The van der Waals surface area contributed by atoms with Gasteiger partial charge in [0.2, 0.25) is 0 Å². The second-order valence-corrected chi connectivity index (χ2v) is 12.7. The molecular weight excluding hydrogens is 585 g/mol. The SMILES string of the molecule is COc1ccc(N/C(=C\C(=N)C(C)(C)C)NC(=O)Nc2ccc(Sc3ccc4c(c3)sc3ncc(C(=O)O)n34)cc2)cc1. The molecule has 0 saturated carbocycles. The van der Waals surface area contributed by atoms with Crippen LogP contribution in [0.25, 0.3) is 15.2 Å². The van der Waals surface area contributed by atoms with Crippen molar-refractivity contribution < 1.29 is 19.4 Å². The zero-order valence-corrected chi connectivity index (χ0v) is 25.5. The summed E-state index contributed by atoms with van der Waals surface area (Å²) >= 11 is 2.99. The zero-order valence-electron chi connectivity index (χ0n) is 23.9. The zero-order chi connectivity index (χ0) is 30.7. The minimum absolute atomic E-state index is 0.139. The molecule has 0 fully saturated rings. The molecule has 0 unspecified atom stereocenters. The molecule has 0 aliphatic heterocycles. The third kappa shape index (κ3) is 6.99. The van der Waals surface area contributed by atoms with Crippen molar-refractivity contribution in [2.24, 2.45) is 5.41 Å². The average molecular weight is 615 g/mol. The van der Waals surface area contributed by atoms with Gasteiger partial charge >= 0.3 is 12.0 Å². The van der Waals surface area contributed by atoms with Crippen LogP contribution in [0.4, 0.5) is 16.2 Å². The summed E-state index contributed by atoms with van der Waals surface area (Å²) in [7, 11) is 1.59. The number of fused-ring (bicyclic) bond motifs is 3. The van der Waals surface area contributed by atoms with E-state index in [4.69, 9.17) is 10.1 Å². The van der Waals surface area contributed by atoms with E-state index in [9.17, 15) is 14.7 Å². The maximum Gasteiger partial charge on any atom is 0.354 e. The first-order valence-corrected chi connectivity index (χ1v) is 14.8. The molecule has 5 N–H and O–H groups in total. The number of nitrogens with one attached hydrogen (secondary N) is 4. The van der Waals surface area contributed by atoms with Gasteiger partial charge in [-0.15, -0.1) is 0 Å². The number of carboxylic acids is 1. The number of amides is 2. The molecule has 220 valence electrons. The number of hydrogen-bond donors (Lipinski definition) is 5. The molecule has 2 heterocycles. The van der Waals surface area contributed by atoms with Crippen molar-refractivity contribution in [1.29, 1.82) is 5.41 Å². The van der Waals surface area contributed by atoms with Crippen molar-refractivity contribution in [3.63, 3.8) is 0 Å². The third-order valence-corrected chi connectivity index (χ3v) is 8.40. The van der Waals surface area contributed by atoms with E-state index in [-0.39, 0.29) is 5.69 Å². The number of allylic oxidation sites excluding steroid dienone is 1. The van der Waals surface area contributed by atoms with Crippen molar-refractivity contribution in [3.8, 4) is 5.75 Å². The van der Waals surface area contributed by atoms with Crippen LogP contribution in [0.15, 0.2) is 94.6 Å². The Balaban J connectivity index is 1.25. The lowest BCUT2D eigenvalue weighted by Gasteiger charge is -2.20. The lowest BCUT2D eigenvalue weighted by atomic mass is 9.90. The van der Waals surface area contributed by atoms with Crippen LogP contribution in [0.1, 0.15) is 31.3 Å². The van der Waals surface area contributed by atoms with Gasteiger partial charge in [-0.05, 0) is 66.7 Å². The fourth-order valence-corrected chi connectivity index (χ4v) is 6.01. The Labute approximate surface area is 256 Å². The third-order valence-electron chi connectivity index (χ3n) is 6.38. The summed E-state index contributed by atoms with van der Waals surface area (Å²) in [6.45, 7) is 5.80. The molecular formula is C31H30N6O4S2. The highest BCUT2D eigenvalue weighted by Crippen LogP contribution is 2.34. The van der Waals surface area contributed by atoms with Gasteiger partial charge in [0.1, 0.15) is 11.6 Å². The van der Waals surface area contributed by atoms with Crippen molar-refractivity contribution in [1.82, 2.24) is 14.7 Å². The number of aromatic carboxylic acids is 1. The second-order valence-electron chi connectivity index (χ2n) is 10.6. The average Bonchev–Trinajstić information content (AvgIpc) is 3.53. The monoisotopic (exact) mass is 614 g/mol. The maximum atomic E-state index is 12.9. The van der Waals surface area contributed by atoms with Gasteiger partial charge in [-0.2, -0.15) is 0 Å². The van der Waals surface area contributed by atoms with Crippen molar-refractivity contribution in [2.45, 2.75) is 30.6 Å². The quantitative estimate of drug-likeness (QED) is 0.108.